The van der Waals surface area contributed by atoms with Gasteiger partial charge in [-0.05, 0) is 37.8 Å². The SMILES string of the molecule is CCCCCCCCCC(CCCCCCCCCCC(CCCCC)CCCCC)CN(CC)CC. The average Bonchev–Trinajstić information content (AvgIpc) is 2.91. The average molecular weight is 522 g/mol. The summed E-state index contributed by atoms with van der Waals surface area (Å²) in [7, 11) is 0. The van der Waals surface area contributed by atoms with Gasteiger partial charge in [0.05, 0.1) is 0 Å². The van der Waals surface area contributed by atoms with Crippen molar-refractivity contribution < 1.29 is 0 Å². The van der Waals surface area contributed by atoms with E-state index in [-0.39, 0.29) is 0 Å². The highest BCUT2D eigenvalue weighted by Gasteiger charge is 2.12. The molecule has 0 aliphatic rings. The monoisotopic (exact) mass is 522 g/mol. The van der Waals surface area contributed by atoms with E-state index in [2.05, 4.69) is 39.5 Å². The third kappa shape index (κ3) is 26.0. The van der Waals surface area contributed by atoms with Crippen LogP contribution < -0.4 is 0 Å². The Hall–Kier alpha value is -0.0400. The molecule has 0 rings (SSSR count). The Labute approximate surface area is 237 Å². The molecule has 0 aliphatic carbocycles. The van der Waals surface area contributed by atoms with Gasteiger partial charge in [-0.2, -0.15) is 0 Å². The Morgan fingerprint density at radius 2 is 0.595 bits per heavy atom. The molecule has 0 spiro atoms. The molecule has 0 amide bonds. The normalized spacial score (nSPS) is 12.7. The van der Waals surface area contributed by atoms with E-state index in [4.69, 9.17) is 0 Å². The van der Waals surface area contributed by atoms with Crippen molar-refractivity contribution in [3.05, 3.63) is 0 Å². The van der Waals surface area contributed by atoms with Crippen molar-refractivity contribution in [3.63, 3.8) is 0 Å². The third-order valence-electron chi connectivity index (χ3n) is 9.03. The van der Waals surface area contributed by atoms with E-state index in [0.717, 1.165) is 11.8 Å². The van der Waals surface area contributed by atoms with Gasteiger partial charge in [-0.25, -0.2) is 0 Å². The summed E-state index contributed by atoms with van der Waals surface area (Å²) in [5.74, 6) is 1.97. The van der Waals surface area contributed by atoms with E-state index in [9.17, 15) is 0 Å². The number of hydrogen-bond donors (Lipinski definition) is 0. The van der Waals surface area contributed by atoms with Gasteiger partial charge < -0.3 is 4.90 Å². The van der Waals surface area contributed by atoms with Crippen LogP contribution in [-0.2, 0) is 0 Å². The quantitative estimate of drug-likeness (QED) is 0.0820. The van der Waals surface area contributed by atoms with Crippen molar-refractivity contribution in [1.29, 1.82) is 0 Å². The molecule has 0 bridgehead atoms. The molecule has 1 unspecified atom stereocenters. The number of rotatable bonds is 31. The molecule has 0 saturated heterocycles. The highest BCUT2D eigenvalue weighted by Crippen LogP contribution is 2.24. The molecular weight excluding hydrogens is 446 g/mol. The van der Waals surface area contributed by atoms with E-state index in [1.165, 1.54) is 187 Å². The Morgan fingerprint density at radius 1 is 0.324 bits per heavy atom. The highest BCUT2D eigenvalue weighted by molar-refractivity contribution is 4.66. The van der Waals surface area contributed by atoms with Crippen molar-refractivity contribution in [2.45, 2.75) is 202 Å². The lowest BCUT2D eigenvalue weighted by Gasteiger charge is -2.25. The molecule has 0 N–H and O–H groups in total. The fourth-order valence-electron chi connectivity index (χ4n) is 6.29. The van der Waals surface area contributed by atoms with E-state index < -0.39 is 0 Å². The summed E-state index contributed by atoms with van der Waals surface area (Å²) in [6, 6.07) is 0. The van der Waals surface area contributed by atoms with Crippen molar-refractivity contribution in [1.82, 2.24) is 4.90 Å². The van der Waals surface area contributed by atoms with Crippen LogP contribution in [0.25, 0.3) is 0 Å². The molecule has 0 fully saturated rings. The summed E-state index contributed by atoms with van der Waals surface area (Å²) >= 11 is 0. The maximum Gasteiger partial charge on any atom is 0.000942 e. The van der Waals surface area contributed by atoms with Gasteiger partial charge in [-0.3, -0.25) is 0 Å². The summed E-state index contributed by atoms with van der Waals surface area (Å²) < 4.78 is 0. The fraction of sp³-hybridized carbons (Fsp3) is 1.00. The minimum atomic E-state index is 0.943. The molecule has 1 atom stereocenters. The maximum atomic E-state index is 2.67. The summed E-state index contributed by atoms with van der Waals surface area (Å²) in [6.45, 7) is 15.5. The van der Waals surface area contributed by atoms with Crippen molar-refractivity contribution >= 4 is 0 Å². The first-order valence-corrected chi connectivity index (χ1v) is 17.9. The minimum absolute atomic E-state index is 0.943. The Kier molecular flexibility index (Phi) is 30.5. The number of unbranched alkanes of at least 4 members (excludes halogenated alkanes) is 17. The van der Waals surface area contributed by atoms with Crippen LogP contribution in [0, 0.1) is 11.8 Å². The van der Waals surface area contributed by atoms with Gasteiger partial charge in [-0.15, -0.1) is 0 Å². The molecule has 0 aromatic carbocycles. The predicted octanol–water partition coefficient (Wildman–Crippen LogP) is 12.8. The second-order valence-electron chi connectivity index (χ2n) is 12.5. The molecule has 1 heteroatoms. The van der Waals surface area contributed by atoms with E-state index >= 15 is 0 Å². The summed E-state index contributed by atoms with van der Waals surface area (Å²) in [4.78, 5) is 2.67. The first-order chi connectivity index (χ1) is 18.2. The zero-order valence-corrected chi connectivity index (χ0v) is 27.1. The number of hydrogen-bond acceptors (Lipinski definition) is 1. The largest absolute Gasteiger partial charge is 0.304 e. The lowest BCUT2D eigenvalue weighted by Crippen LogP contribution is -2.29. The zero-order valence-electron chi connectivity index (χ0n) is 27.1. The van der Waals surface area contributed by atoms with Crippen molar-refractivity contribution in [2.24, 2.45) is 11.8 Å². The van der Waals surface area contributed by atoms with Crippen LogP contribution in [0.15, 0.2) is 0 Å². The molecule has 0 radical (unpaired) electrons. The first-order valence-electron chi connectivity index (χ1n) is 17.9. The summed E-state index contributed by atoms with van der Waals surface area (Å²) in [5, 5.41) is 0. The summed E-state index contributed by atoms with van der Waals surface area (Å²) in [5.41, 5.74) is 0. The standard InChI is InChI=1S/C36H75N/c1-6-11-14-15-18-22-27-32-36(34-37(9-4)10-5)33-28-23-20-17-16-19-21-26-31-35(29-24-12-7-2)30-25-13-8-3/h35-36H,6-34H2,1-5H3. The Bertz CT molecular complexity index is 391. The maximum absolute atomic E-state index is 2.67. The van der Waals surface area contributed by atoms with Crippen molar-refractivity contribution in [2.75, 3.05) is 19.6 Å². The minimum Gasteiger partial charge on any atom is -0.304 e. The molecule has 0 saturated carbocycles. The first kappa shape index (κ1) is 37.0. The van der Waals surface area contributed by atoms with Crippen LogP contribution in [0.1, 0.15) is 202 Å². The van der Waals surface area contributed by atoms with Crippen LogP contribution in [0.2, 0.25) is 0 Å². The van der Waals surface area contributed by atoms with Gasteiger partial charge in [0, 0.05) is 6.54 Å². The van der Waals surface area contributed by atoms with E-state index in [1.807, 2.05) is 0 Å². The van der Waals surface area contributed by atoms with Gasteiger partial charge in [0.15, 0.2) is 0 Å². The fourth-order valence-corrected chi connectivity index (χ4v) is 6.29. The van der Waals surface area contributed by atoms with Gasteiger partial charge in [0.1, 0.15) is 0 Å². The van der Waals surface area contributed by atoms with Crippen LogP contribution in [0.3, 0.4) is 0 Å². The van der Waals surface area contributed by atoms with Gasteiger partial charge in [0.2, 0.25) is 0 Å². The molecule has 37 heavy (non-hydrogen) atoms. The number of nitrogens with zero attached hydrogens (tertiary/aromatic N) is 1. The molecule has 1 nitrogen and oxygen atoms in total. The second kappa shape index (κ2) is 30.5. The second-order valence-corrected chi connectivity index (χ2v) is 12.5. The summed E-state index contributed by atoms with van der Waals surface area (Å²) in [6.07, 6.45) is 38.0. The van der Waals surface area contributed by atoms with Gasteiger partial charge in [-0.1, -0.05) is 189 Å². The molecule has 0 aromatic heterocycles. The highest BCUT2D eigenvalue weighted by atomic mass is 15.1. The van der Waals surface area contributed by atoms with Gasteiger partial charge in [0.25, 0.3) is 0 Å². The molecule has 0 heterocycles. The van der Waals surface area contributed by atoms with Crippen molar-refractivity contribution in [3.8, 4) is 0 Å². The van der Waals surface area contributed by atoms with Crippen LogP contribution in [0.4, 0.5) is 0 Å². The van der Waals surface area contributed by atoms with E-state index in [0.29, 0.717) is 0 Å². The smallest absolute Gasteiger partial charge is 0.000942 e. The third-order valence-corrected chi connectivity index (χ3v) is 9.03. The van der Waals surface area contributed by atoms with Crippen LogP contribution >= 0.6 is 0 Å². The molecular formula is C36H75N. The van der Waals surface area contributed by atoms with E-state index in [1.54, 1.807) is 0 Å². The van der Waals surface area contributed by atoms with Crippen LogP contribution in [0.5, 0.6) is 0 Å². The molecule has 0 aromatic rings. The lowest BCUT2D eigenvalue weighted by atomic mass is 9.90. The Balaban J connectivity index is 3.91. The topological polar surface area (TPSA) is 3.24 Å². The van der Waals surface area contributed by atoms with Gasteiger partial charge >= 0.3 is 0 Å². The zero-order chi connectivity index (χ0) is 27.2. The lowest BCUT2D eigenvalue weighted by molar-refractivity contribution is 0.230. The molecule has 0 aliphatic heterocycles. The van der Waals surface area contributed by atoms with Crippen LogP contribution in [-0.4, -0.2) is 24.5 Å². The Morgan fingerprint density at radius 3 is 0.946 bits per heavy atom. The molecule has 224 valence electrons. The predicted molar refractivity (Wildman–Crippen MR) is 172 cm³/mol.